The maximum Gasteiger partial charge on any atom is 0.0743 e. The molecule has 110 valence electrons. The second kappa shape index (κ2) is 12.0. The van der Waals surface area contributed by atoms with Gasteiger partial charge < -0.3 is 10.4 Å². The molecule has 0 aliphatic heterocycles. The summed E-state index contributed by atoms with van der Waals surface area (Å²) in [7, 11) is 0. The highest BCUT2D eigenvalue weighted by atomic mass is 16.3. The van der Waals surface area contributed by atoms with E-state index in [0.717, 1.165) is 25.9 Å². The Bertz CT molecular complexity index is 168. The number of hydrogen-bond donors (Lipinski definition) is 2. The molecule has 0 bridgehead atoms. The van der Waals surface area contributed by atoms with Gasteiger partial charge in [0.1, 0.15) is 0 Å². The highest BCUT2D eigenvalue weighted by Crippen LogP contribution is 2.10. The lowest BCUT2D eigenvalue weighted by molar-refractivity contribution is 0.0502. The molecule has 0 aliphatic rings. The van der Waals surface area contributed by atoms with Gasteiger partial charge in [0, 0.05) is 6.54 Å². The third-order valence-electron chi connectivity index (χ3n) is 3.50. The fourth-order valence-electron chi connectivity index (χ4n) is 2.37. The second-order valence-electron chi connectivity index (χ2n) is 5.90. The topological polar surface area (TPSA) is 32.3 Å². The van der Waals surface area contributed by atoms with Gasteiger partial charge in [0.2, 0.25) is 0 Å². The number of aliphatic hydroxyl groups is 1. The predicted octanol–water partition coefficient (Wildman–Crippen LogP) is 4.27. The third kappa shape index (κ3) is 12.4. The summed E-state index contributed by atoms with van der Waals surface area (Å²) < 4.78 is 0. The van der Waals surface area contributed by atoms with Crippen LogP contribution in [0.3, 0.4) is 0 Å². The van der Waals surface area contributed by atoms with E-state index >= 15 is 0 Å². The SMILES string of the molecule is CCCCCCCCCCNCC(C)(O)CCC. The van der Waals surface area contributed by atoms with Gasteiger partial charge in [-0.3, -0.25) is 0 Å². The summed E-state index contributed by atoms with van der Waals surface area (Å²) >= 11 is 0. The number of nitrogens with one attached hydrogen (secondary N) is 1. The van der Waals surface area contributed by atoms with Gasteiger partial charge in [-0.2, -0.15) is 0 Å². The molecule has 0 aromatic rings. The van der Waals surface area contributed by atoms with Gasteiger partial charge in [-0.25, -0.2) is 0 Å². The maximum absolute atomic E-state index is 9.98. The van der Waals surface area contributed by atoms with Crippen molar-refractivity contribution in [2.24, 2.45) is 0 Å². The Morgan fingerprint density at radius 2 is 1.39 bits per heavy atom. The molecule has 0 saturated heterocycles. The van der Waals surface area contributed by atoms with Crippen molar-refractivity contribution < 1.29 is 5.11 Å². The molecule has 2 nitrogen and oxygen atoms in total. The van der Waals surface area contributed by atoms with Gasteiger partial charge in [0.05, 0.1) is 5.60 Å². The molecule has 2 heteroatoms. The molecule has 0 amide bonds. The van der Waals surface area contributed by atoms with Crippen LogP contribution >= 0.6 is 0 Å². The lowest BCUT2D eigenvalue weighted by atomic mass is 10.0. The summed E-state index contributed by atoms with van der Waals surface area (Å²) in [5.74, 6) is 0. The third-order valence-corrected chi connectivity index (χ3v) is 3.50. The van der Waals surface area contributed by atoms with Crippen LogP contribution in [0.2, 0.25) is 0 Å². The Hall–Kier alpha value is -0.0800. The molecule has 0 rings (SSSR count). The summed E-state index contributed by atoms with van der Waals surface area (Å²) in [6.45, 7) is 8.09. The van der Waals surface area contributed by atoms with E-state index < -0.39 is 5.60 Å². The average Bonchev–Trinajstić information content (AvgIpc) is 2.31. The zero-order valence-electron chi connectivity index (χ0n) is 12.9. The van der Waals surface area contributed by atoms with Gasteiger partial charge in [-0.15, -0.1) is 0 Å². The summed E-state index contributed by atoms with van der Waals surface area (Å²) in [6.07, 6.45) is 12.8. The van der Waals surface area contributed by atoms with Crippen LogP contribution in [-0.2, 0) is 0 Å². The van der Waals surface area contributed by atoms with Gasteiger partial charge in [0.15, 0.2) is 0 Å². The van der Waals surface area contributed by atoms with Crippen molar-refractivity contribution in [1.82, 2.24) is 5.32 Å². The van der Waals surface area contributed by atoms with Crippen molar-refractivity contribution in [3.05, 3.63) is 0 Å². The second-order valence-corrected chi connectivity index (χ2v) is 5.90. The van der Waals surface area contributed by atoms with E-state index in [1.54, 1.807) is 0 Å². The summed E-state index contributed by atoms with van der Waals surface area (Å²) in [5.41, 5.74) is -0.519. The molecule has 0 fully saturated rings. The zero-order valence-corrected chi connectivity index (χ0v) is 12.9. The molecule has 0 aromatic carbocycles. The van der Waals surface area contributed by atoms with Crippen LogP contribution in [0.25, 0.3) is 0 Å². The smallest absolute Gasteiger partial charge is 0.0743 e. The first-order valence-corrected chi connectivity index (χ1v) is 8.05. The lowest BCUT2D eigenvalue weighted by Gasteiger charge is -2.23. The van der Waals surface area contributed by atoms with Crippen LogP contribution in [0.15, 0.2) is 0 Å². The molecular weight excluding hydrogens is 222 g/mol. The molecule has 0 aromatic heterocycles. The molecule has 1 atom stereocenters. The van der Waals surface area contributed by atoms with Crippen LogP contribution in [0.1, 0.15) is 85.0 Å². The molecule has 2 N–H and O–H groups in total. The molecular formula is C16H35NO. The molecule has 0 aliphatic carbocycles. The predicted molar refractivity (Wildman–Crippen MR) is 81.0 cm³/mol. The highest BCUT2D eigenvalue weighted by molar-refractivity contribution is 4.74. The van der Waals surface area contributed by atoms with Crippen LogP contribution in [0.5, 0.6) is 0 Å². The van der Waals surface area contributed by atoms with Crippen molar-refractivity contribution in [3.63, 3.8) is 0 Å². The molecule has 0 heterocycles. The Kier molecular flexibility index (Phi) is 11.9. The molecule has 0 saturated carbocycles. The van der Waals surface area contributed by atoms with Gasteiger partial charge in [-0.05, 0) is 26.3 Å². The first-order valence-electron chi connectivity index (χ1n) is 8.05. The van der Waals surface area contributed by atoms with E-state index in [4.69, 9.17) is 0 Å². The van der Waals surface area contributed by atoms with Crippen LogP contribution in [0.4, 0.5) is 0 Å². The lowest BCUT2D eigenvalue weighted by Crippen LogP contribution is -2.37. The van der Waals surface area contributed by atoms with Crippen molar-refractivity contribution in [2.75, 3.05) is 13.1 Å². The fourth-order valence-corrected chi connectivity index (χ4v) is 2.37. The summed E-state index contributed by atoms with van der Waals surface area (Å²) in [6, 6.07) is 0. The number of unbranched alkanes of at least 4 members (excludes halogenated alkanes) is 7. The van der Waals surface area contributed by atoms with Crippen molar-refractivity contribution in [3.8, 4) is 0 Å². The molecule has 1 unspecified atom stereocenters. The molecule has 0 radical (unpaired) electrons. The maximum atomic E-state index is 9.98. The Labute approximate surface area is 115 Å². The highest BCUT2D eigenvalue weighted by Gasteiger charge is 2.17. The minimum absolute atomic E-state index is 0.519. The summed E-state index contributed by atoms with van der Waals surface area (Å²) in [5, 5.41) is 13.3. The zero-order chi connectivity index (χ0) is 13.7. The van der Waals surface area contributed by atoms with Crippen LogP contribution in [-0.4, -0.2) is 23.8 Å². The van der Waals surface area contributed by atoms with Gasteiger partial charge in [-0.1, -0.05) is 65.2 Å². The molecule has 0 spiro atoms. The van der Waals surface area contributed by atoms with Crippen molar-refractivity contribution in [1.29, 1.82) is 0 Å². The monoisotopic (exact) mass is 257 g/mol. The quantitative estimate of drug-likeness (QED) is 0.483. The first kappa shape index (κ1) is 17.9. The van der Waals surface area contributed by atoms with Crippen LogP contribution < -0.4 is 5.32 Å². The van der Waals surface area contributed by atoms with Crippen molar-refractivity contribution >= 4 is 0 Å². The van der Waals surface area contributed by atoms with E-state index in [1.807, 2.05) is 6.92 Å². The minimum atomic E-state index is -0.519. The minimum Gasteiger partial charge on any atom is -0.389 e. The average molecular weight is 257 g/mol. The molecule has 18 heavy (non-hydrogen) atoms. The Morgan fingerprint density at radius 1 is 0.833 bits per heavy atom. The van der Waals surface area contributed by atoms with E-state index in [9.17, 15) is 5.11 Å². The standard InChI is InChI=1S/C16H35NO/c1-4-6-7-8-9-10-11-12-14-17-15-16(3,18)13-5-2/h17-18H,4-15H2,1-3H3. The Morgan fingerprint density at radius 3 is 1.94 bits per heavy atom. The van der Waals surface area contributed by atoms with E-state index in [-0.39, 0.29) is 0 Å². The fraction of sp³-hybridized carbons (Fsp3) is 1.00. The Balaban J connectivity index is 3.16. The summed E-state index contributed by atoms with van der Waals surface area (Å²) in [4.78, 5) is 0. The number of rotatable bonds is 13. The van der Waals surface area contributed by atoms with Gasteiger partial charge in [0.25, 0.3) is 0 Å². The van der Waals surface area contributed by atoms with E-state index in [2.05, 4.69) is 19.2 Å². The van der Waals surface area contributed by atoms with E-state index in [1.165, 1.54) is 51.4 Å². The first-order chi connectivity index (χ1) is 8.62. The van der Waals surface area contributed by atoms with Gasteiger partial charge >= 0.3 is 0 Å². The van der Waals surface area contributed by atoms with Crippen molar-refractivity contribution in [2.45, 2.75) is 90.6 Å². The number of hydrogen-bond acceptors (Lipinski definition) is 2. The largest absolute Gasteiger partial charge is 0.389 e. The van der Waals surface area contributed by atoms with E-state index in [0.29, 0.717) is 0 Å². The van der Waals surface area contributed by atoms with Crippen LogP contribution in [0, 0.1) is 0 Å². The normalized spacial score (nSPS) is 14.7.